The fourth-order valence-electron chi connectivity index (χ4n) is 2.04. The van der Waals surface area contributed by atoms with Gasteiger partial charge in [-0.1, -0.05) is 53.8 Å². The van der Waals surface area contributed by atoms with Gasteiger partial charge in [0.2, 0.25) is 5.52 Å². The number of ketones is 1. The van der Waals surface area contributed by atoms with Gasteiger partial charge in [-0.05, 0) is 17.8 Å². The van der Waals surface area contributed by atoms with Crippen LogP contribution >= 0.6 is 23.1 Å². The van der Waals surface area contributed by atoms with Gasteiger partial charge in [-0.15, -0.1) is 0 Å². The standard InChI is InChI=1S/C16H14NOS2.BrH/c1-17-13-9-5-6-10-15(13)20-16(17)19-11-14(18)12-7-3-2-4-8-12;/h2-10H,11H2,1H3;1H/q+1;/p-1. The summed E-state index contributed by atoms with van der Waals surface area (Å²) in [6.07, 6.45) is 0. The van der Waals surface area contributed by atoms with Crippen LogP contribution in [0.2, 0.25) is 0 Å². The van der Waals surface area contributed by atoms with Crippen molar-refractivity contribution in [2.75, 3.05) is 5.75 Å². The summed E-state index contributed by atoms with van der Waals surface area (Å²) in [5.41, 5.74) is 2.00. The molecule has 2 nitrogen and oxygen atoms in total. The molecule has 0 saturated carbocycles. The maximum Gasteiger partial charge on any atom is 0.298 e. The van der Waals surface area contributed by atoms with Gasteiger partial charge in [0.25, 0.3) is 4.34 Å². The Balaban J connectivity index is 0.00000161. The summed E-state index contributed by atoms with van der Waals surface area (Å²) in [6, 6.07) is 17.8. The maximum absolute atomic E-state index is 12.1. The molecular weight excluding hydrogens is 366 g/mol. The summed E-state index contributed by atoms with van der Waals surface area (Å²) in [6.45, 7) is 0. The van der Waals surface area contributed by atoms with Crippen molar-refractivity contribution in [3.05, 3.63) is 60.2 Å². The largest absolute Gasteiger partial charge is 1.00 e. The number of carbonyl (C=O) groups is 1. The molecule has 0 fully saturated rings. The van der Waals surface area contributed by atoms with Crippen LogP contribution in [-0.4, -0.2) is 11.5 Å². The molecule has 0 aliphatic heterocycles. The van der Waals surface area contributed by atoms with E-state index in [2.05, 4.69) is 16.7 Å². The van der Waals surface area contributed by atoms with E-state index in [1.54, 1.807) is 23.1 Å². The Bertz CT molecular complexity index is 755. The number of aryl methyl sites for hydroxylation is 1. The van der Waals surface area contributed by atoms with Gasteiger partial charge in [0.05, 0.1) is 5.75 Å². The van der Waals surface area contributed by atoms with Crippen LogP contribution in [0.15, 0.2) is 58.9 Å². The minimum absolute atomic E-state index is 0. The Morgan fingerprint density at radius 3 is 2.48 bits per heavy atom. The molecule has 1 heterocycles. The number of thiazole rings is 1. The Morgan fingerprint density at radius 2 is 1.76 bits per heavy atom. The van der Waals surface area contributed by atoms with Gasteiger partial charge >= 0.3 is 0 Å². The topological polar surface area (TPSA) is 20.9 Å². The van der Waals surface area contributed by atoms with Crippen LogP contribution in [0.25, 0.3) is 10.2 Å². The zero-order valence-corrected chi connectivity index (χ0v) is 14.7. The lowest BCUT2D eigenvalue weighted by Crippen LogP contribution is -3.00. The van der Waals surface area contributed by atoms with E-state index in [0.29, 0.717) is 5.75 Å². The second-order valence-corrected chi connectivity index (χ2v) is 6.73. The smallest absolute Gasteiger partial charge is 0.298 e. The summed E-state index contributed by atoms with van der Waals surface area (Å²) >= 11 is 3.34. The number of hydrogen-bond acceptors (Lipinski definition) is 3. The number of carbonyl (C=O) groups excluding carboxylic acids is 1. The lowest BCUT2D eigenvalue weighted by molar-refractivity contribution is -0.676. The van der Waals surface area contributed by atoms with Crippen molar-refractivity contribution in [3.63, 3.8) is 0 Å². The first kappa shape index (κ1) is 16.2. The van der Waals surface area contributed by atoms with E-state index in [-0.39, 0.29) is 22.8 Å². The molecule has 0 aliphatic rings. The lowest BCUT2D eigenvalue weighted by Gasteiger charge is -1.97. The number of nitrogens with zero attached hydrogens (tertiary/aromatic N) is 1. The minimum atomic E-state index is 0. The summed E-state index contributed by atoms with van der Waals surface area (Å²) in [7, 11) is 2.05. The Labute approximate surface area is 142 Å². The highest BCUT2D eigenvalue weighted by atomic mass is 79.9. The monoisotopic (exact) mass is 379 g/mol. The van der Waals surface area contributed by atoms with Crippen LogP contribution in [0.1, 0.15) is 10.4 Å². The average molecular weight is 380 g/mol. The van der Waals surface area contributed by atoms with Crippen LogP contribution in [0.4, 0.5) is 0 Å². The highest BCUT2D eigenvalue weighted by Gasteiger charge is 2.18. The molecule has 3 aromatic rings. The van der Waals surface area contributed by atoms with Gasteiger partial charge in [-0.3, -0.25) is 4.79 Å². The number of thioether (sulfide) groups is 1. The van der Waals surface area contributed by atoms with E-state index < -0.39 is 0 Å². The van der Waals surface area contributed by atoms with Crippen molar-refractivity contribution in [2.45, 2.75) is 4.34 Å². The molecule has 0 aliphatic carbocycles. The molecule has 5 heteroatoms. The summed E-state index contributed by atoms with van der Waals surface area (Å²) in [5, 5.41) is 0. The molecule has 0 spiro atoms. The van der Waals surface area contributed by atoms with E-state index >= 15 is 0 Å². The van der Waals surface area contributed by atoms with Gasteiger partial charge in [0.15, 0.2) is 5.78 Å². The Hall–Kier alpha value is -1.17. The number of aromatic nitrogens is 1. The number of rotatable bonds is 4. The van der Waals surface area contributed by atoms with Gasteiger partial charge in [-0.25, -0.2) is 0 Å². The third-order valence-electron chi connectivity index (χ3n) is 3.12. The van der Waals surface area contributed by atoms with E-state index in [1.165, 1.54) is 10.2 Å². The summed E-state index contributed by atoms with van der Waals surface area (Å²) < 4.78 is 4.57. The van der Waals surface area contributed by atoms with Crippen molar-refractivity contribution >= 4 is 39.1 Å². The van der Waals surface area contributed by atoms with E-state index in [1.807, 2.05) is 49.5 Å². The van der Waals surface area contributed by atoms with Crippen molar-refractivity contribution in [3.8, 4) is 0 Å². The average Bonchev–Trinajstić information content (AvgIpc) is 2.83. The summed E-state index contributed by atoms with van der Waals surface area (Å²) in [4.78, 5) is 12.1. The molecule has 3 rings (SSSR count). The maximum atomic E-state index is 12.1. The normalized spacial score (nSPS) is 10.3. The molecule has 0 bridgehead atoms. The first-order valence-corrected chi connectivity index (χ1v) is 8.14. The number of benzene rings is 2. The minimum Gasteiger partial charge on any atom is -1.00 e. The zero-order chi connectivity index (χ0) is 13.9. The molecule has 0 atom stereocenters. The predicted molar refractivity (Wildman–Crippen MR) is 84.5 cm³/mol. The molecule has 0 amide bonds. The van der Waals surface area contributed by atoms with Crippen LogP contribution in [-0.2, 0) is 7.05 Å². The first-order chi connectivity index (χ1) is 9.75. The van der Waals surface area contributed by atoms with Gasteiger partial charge in [-0.2, -0.15) is 4.57 Å². The molecule has 0 N–H and O–H groups in total. The number of fused-ring (bicyclic) bond motifs is 1. The molecule has 0 unspecified atom stereocenters. The first-order valence-electron chi connectivity index (χ1n) is 6.34. The lowest BCUT2D eigenvalue weighted by atomic mass is 10.2. The third kappa shape index (κ3) is 3.54. The van der Waals surface area contributed by atoms with Crippen LogP contribution < -0.4 is 21.5 Å². The van der Waals surface area contributed by atoms with Gasteiger partial charge < -0.3 is 17.0 Å². The Kier molecular flexibility index (Phi) is 5.56. The second-order valence-electron chi connectivity index (χ2n) is 4.47. The zero-order valence-electron chi connectivity index (χ0n) is 11.5. The number of Topliss-reactive ketones (excluding diaryl/α,β-unsaturated/α-hetero) is 1. The number of halogens is 1. The van der Waals surface area contributed by atoms with Crippen molar-refractivity contribution < 1.29 is 26.3 Å². The van der Waals surface area contributed by atoms with Crippen molar-refractivity contribution in [1.82, 2.24) is 0 Å². The number of para-hydroxylation sites is 1. The van der Waals surface area contributed by atoms with E-state index in [0.717, 1.165) is 9.90 Å². The molecule has 21 heavy (non-hydrogen) atoms. The number of hydrogen-bond donors (Lipinski definition) is 0. The van der Waals surface area contributed by atoms with E-state index in [4.69, 9.17) is 0 Å². The van der Waals surface area contributed by atoms with Crippen LogP contribution in [0.3, 0.4) is 0 Å². The predicted octanol–water partition coefficient (Wildman–Crippen LogP) is 0.705. The van der Waals surface area contributed by atoms with Crippen molar-refractivity contribution in [2.24, 2.45) is 7.05 Å². The van der Waals surface area contributed by atoms with E-state index in [9.17, 15) is 4.79 Å². The van der Waals surface area contributed by atoms with Gasteiger partial charge in [0.1, 0.15) is 11.7 Å². The summed E-state index contributed by atoms with van der Waals surface area (Å²) in [5.74, 6) is 0.651. The van der Waals surface area contributed by atoms with Crippen LogP contribution in [0, 0.1) is 0 Å². The fraction of sp³-hybridized carbons (Fsp3) is 0.125. The van der Waals surface area contributed by atoms with Gasteiger partial charge in [0, 0.05) is 11.6 Å². The fourth-order valence-corrected chi connectivity index (χ4v) is 4.32. The van der Waals surface area contributed by atoms with Crippen LogP contribution in [0.5, 0.6) is 0 Å². The molecule has 1 aromatic heterocycles. The highest BCUT2D eigenvalue weighted by molar-refractivity contribution is 8.01. The second kappa shape index (κ2) is 7.20. The highest BCUT2D eigenvalue weighted by Crippen LogP contribution is 2.27. The molecule has 0 radical (unpaired) electrons. The molecule has 0 saturated heterocycles. The molecule has 2 aromatic carbocycles. The quantitative estimate of drug-likeness (QED) is 0.378. The molecule has 108 valence electrons. The van der Waals surface area contributed by atoms with Crippen molar-refractivity contribution in [1.29, 1.82) is 0 Å². The SMILES string of the molecule is C[n+]1c(SCC(=O)c2ccccc2)sc2ccccc21.[Br-]. The third-order valence-corrected chi connectivity index (χ3v) is 5.66. The Morgan fingerprint density at radius 1 is 1.10 bits per heavy atom. The molecular formula is C16H14BrNOS2.